The third-order valence-electron chi connectivity index (χ3n) is 4.71. The molecule has 5 rings (SSSR count). The Balaban J connectivity index is 0.000000129. The number of aromatic amines is 1. The number of nitrogens with one attached hydrogen (secondary N) is 1. The van der Waals surface area contributed by atoms with Crippen LogP contribution in [0.4, 0.5) is 0 Å². The van der Waals surface area contributed by atoms with E-state index in [0.717, 1.165) is 23.2 Å². The van der Waals surface area contributed by atoms with E-state index in [2.05, 4.69) is 33.8 Å². The Morgan fingerprint density at radius 3 is 2.00 bits per heavy atom. The number of hydrogen-bond donors (Lipinski definition) is 1. The first-order valence-electron chi connectivity index (χ1n) is 6.61. The first-order valence-corrected chi connectivity index (χ1v) is 7.02. The molecule has 4 aliphatic rings. The lowest BCUT2D eigenvalue weighted by atomic mass is 9.50. The second-order valence-electron chi connectivity index (χ2n) is 6.48. The number of rotatable bonds is 0. The average Bonchev–Trinajstić information content (AvgIpc) is 2.66. The zero-order valence-corrected chi connectivity index (χ0v) is 11.1. The molecule has 0 spiro atoms. The van der Waals surface area contributed by atoms with E-state index in [9.17, 15) is 0 Å². The lowest BCUT2D eigenvalue weighted by Gasteiger charge is -2.55. The lowest BCUT2D eigenvalue weighted by molar-refractivity contribution is -0.0411. The van der Waals surface area contributed by atoms with Gasteiger partial charge in [0.1, 0.15) is 0 Å². The van der Waals surface area contributed by atoms with Crippen molar-refractivity contribution < 1.29 is 4.42 Å². The first kappa shape index (κ1) is 11.5. The Kier molecular flexibility index (Phi) is 2.85. The summed E-state index contributed by atoms with van der Waals surface area (Å²) >= 11 is 4.46. The van der Waals surface area contributed by atoms with Gasteiger partial charge in [-0.25, -0.2) is 5.10 Å². The summed E-state index contributed by atoms with van der Waals surface area (Å²) in [6.45, 7) is 2.54. The maximum atomic E-state index is 4.48. The molecule has 4 saturated carbocycles. The number of hydrogen-bond acceptors (Lipinski definition) is 3. The van der Waals surface area contributed by atoms with E-state index >= 15 is 0 Å². The van der Waals surface area contributed by atoms with Gasteiger partial charge in [0.2, 0.25) is 6.39 Å². The fraction of sp³-hybridized carbons (Fsp3) is 0.846. The van der Waals surface area contributed by atoms with Crippen LogP contribution in [-0.2, 0) is 0 Å². The van der Waals surface area contributed by atoms with Crippen molar-refractivity contribution in [1.29, 1.82) is 0 Å². The van der Waals surface area contributed by atoms with Gasteiger partial charge in [0.05, 0.1) is 0 Å². The van der Waals surface area contributed by atoms with Gasteiger partial charge in [-0.3, -0.25) is 0 Å². The predicted octanol–water partition coefficient (Wildman–Crippen LogP) is 3.95. The lowest BCUT2D eigenvalue weighted by Crippen LogP contribution is -2.44. The quantitative estimate of drug-likeness (QED) is 0.711. The largest absolute Gasteiger partial charge is 0.417 e. The molecule has 0 aromatic carbocycles. The van der Waals surface area contributed by atoms with Gasteiger partial charge >= 0.3 is 0 Å². The van der Waals surface area contributed by atoms with Crippen molar-refractivity contribution in [2.45, 2.75) is 45.4 Å². The Hall–Kier alpha value is -0.640. The molecule has 17 heavy (non-hydrogen) atoms. The highest BCUT2D eigenvalue weighted by atomic mass is 32.1. The molecule has 0 saturated heterocycles. The number of nitrogens with zero attached hydrogens (tertiary/aromatic N) is 1. The van der Waals surface area contributed by atoms with Crippen LogP contribution in [0.1, 0.15) is 45.4 Å². The highest BCUT2D eigenvalue weighted by Gasteiger charge is 2.48. The summed E-state index contributed by atoms with van der Waals surface area (Å²) in [5.41, 5.74) is 0.800. The zero-order chi connectivity index (χ0) is 11.9. The van der Waals surface area contributed by atoms with Crippen molar-refractivity contribution in [3.8, 4) is 0 Å². The minimum Gasteiger partial charge on any atom is -0.417 e. The van der Waals surface area contributed by atoms with Crippen molar-refractivity contribution in [1.82, 2.24) is 10.2 Å². The monoisotopic (exact) mass is 252 g/mol. The molecule has 4 fully saturated rings. The first-order chi connectivity index (χ1) is 8.13. The fourth-order valence-electron chi connectivity index (χ4n) is 4.72. The van der Waals surface area contributed by atoms with Gasteiger partial charge in [0, 0.05) is 0 Å². The van der Waals surface area contributed by atoms with Crippen LogP contribution in [0.2, 0.25) is 0 Å². The molecule has 0 unspecified atom stereocenters. The van der Waals surface area contributed by atoms with E-state index in [1.807, 2.05) is 0 Å². The Bertz CT molecular complexity index is 385. The van der Waals surface area contributed by atoms with Gasteiger partial charge in [-0.1, -0.05) is 6.92 Å². The molecule has 0 aliphatic heterocycles. The van der Waals surface area contributed by atoms with Gasteiger partial charge in [-0.15, -0.1) is 5.10 Å². The molecule has 1 aromatic heterocycles. The minimum atomic E-state index is 0.315. The molecule has 1 aromatic rings. The molecule has 3 nitrogen and oxygen atoms in total. The second kappa shape index (κ2) is 4.23. The Labute approximate surface area is 107 Å². The molecule has 1 heterocycles. The summed E-state index contributed by atoms with van der Waals surface area (Å²) in [5.74, 6) is 3.43. The third-order valence-corrected chi connectivity index (χ3v) is 4.90. The standard InChI is InChI=1S/C11H18.C2H2N2OS/c1-11-5-8-2-9(6-11)4-10(3-8)7-11;6-2-4-3-1-5-2/h8-10H,2-7H2,1H3;1H,(H,4,6). The molecule has 1 N–H and O–H groups in total. The Morgan fingerprint density at radius 2 is 1.76 bits per heavy atom. The van der Waals surface area contributed by atoms with Gasteiger partial charge in [0.15, 0.2) is 0 Å². The highest BCUT2D eigenvalue weighted by Crippen LogP contribution is 2.59. The smallest absolute Gasteiger partial charge is 0.284 e. The van der Waals surface area contributed by atoms with Crippen LogP contribution in [0.3, 0.4) is 0 Å². The molecular weight excluding hydrogens is 232 g/mol. The molecule has 4 bridgehead atoms. The number of aromatic nitrogens is 2. The van der Waals surface area contributed by atoms with Crippen molar-refractivity contribution in [2.75, 3.05) is 0 Å². The summed E-state index contributed by atoms with van der Waals surface area (Å²) in [5, 5.41) is 5.82. The summed E-state index contributed by atoms with van der Waals surface area (Å²) in [6.07, 6.45) is 10.7. The zero-order valence-electron chi connectivity index (χ0n) is 10.3. The van der Waals surface area contributed by atoms with Crippen LogP contribution >= 0.6 is 12.2 Å². The van der Waals surface area contributed by atoms with Crippen LogP contribution < -0.4 is 0 Å². The van der Waals surface area contributed by atoms with Crippen LogP contribution in [0.25, 0.3) is 0 Å². The molecule has 0 radical (unpaired) electrons. The van der Waals surface area contributed by atoms with E-state index in [-0.39, 0.29) is 0 Å². The highest BCUT2D eigenvalue weighted by molar-refractivity contribution is 7.71. The summed E-state index contributed by atoms with van der Waals surface area (Å²) in [7, 11) is 0. The Morgan fingerprint density at radius 1 is 1.24 bits per heavy atom. The molecule has 4 heteroatoms. The predicted molar refractivity (Wildman–Crippen MR) is 68.0 cm³/mol. The van der Waals surface area contributed by atoms with Crippen LogP contribution in [0.15, 0.2) is 10.8 Å². The third kappa shape index (κ3) is 2.46. The van der Waals surface area contributed by atoms with E-state index < -0.39 is 0 Å². The van der Waals surface area contributed by atoms with Crippen molar-refractivity contribution in [3.05, 3.63) is 11.2 Å². The van der Waals surface area contributed by atoms with Gasteiger partial charge < -0.3 is 4.42 Å². The summed E-state index contributed by atoms with van der Waals surface area (Å²) in [4.78, 5) is 0.315. The minimum absolute atomic E-state index is 0.315. The molecule has 4 aliphatic carbocycles. The van der Waals surface area contributed by atoms with Crippen LogP contribution in [0, 0.1) is 28.0 Å². The van der Waals surface area contributed by atoms with Gasteiger partial charge in [0.25, 0.3) is 4.84 Å². The van der Waals surface area contributed by atoms with Crippen molar-refractivity contribution >= 4 is 12.2 Å². The SMILES string of the molecule is CC12CC3CC(CC(C3)C1)C2.S=c1[nH]nco1. The molecule has 0 atom stereocenters. The molecule has 0 amide bonds. The van der Waals surface area contributed by atoms with Crippen LogP contribution in [0.5, 0.6) is 0 Å². The summed E-state index contributed by atoms with van der Waals surface area (Å²) in [6, 6.07) is 0. The second-order valence-corrected chi connectivity index (χ2v) is 6.85. The van der Waals surface area contributed by atoms with E-state index in [4.69, 9.17) is 0 Å². The topological polar surface area (TPSA) is 41.8 Å². The van der Waals surface area contributed by atoms with Gasteiger partial charge in [-0.2, -0.15) is 0 Å². The average molecular weight is 252 g/mol. The van der Waals surface area contributed by atoms with Gasteiger partial charge in [-0.05, 0) is 73.9 Å². The fourth-order valence-corrected chi connectivity index (χ4v) is 4.82. The van der Waals surface area contributed by atoms with Crippen molar-refractivity contribution in [2.24, 2.45) is 23.2 Å². The molecular formula is C13H20N2OS. The van der Waals surface area contributed by atoms with E-state index in [1.54, 1.807) is 38.5 Å². The maximum absolute atomic E-state index is 4.48. The maximum Gasteiger partial charge on any atom is 0.284 e. The van der Waals surface area contributed by atoms with Crippen molar-refractivity contribution in [3.63, 3.8) is 0 Å². The van der Waals surface area contributed by atoms with E-state index in [1.165, 1.54) is 6.39 Å². The van der Waals surface area contributed by atoms with Crippen LogP contribution in [-0.4, -0.2) is 10.2 Å². The molecule has 94 valence electrons. The summed E-state index contributed by atoms with van der Waals surface area (Å²) < 4.78 is 4.48. The van der Waals surface area contributed by atoms with E-state index in [0.29, 0.717) is 4.84 Å². The normalized spacial score (nSPS) is 42.1. The number of H-pyrrole nitrogens is 1.